The predicted molar refractivity (Wildman–Crippen MR) is 74.9 cm³/mol. The van der Waals surface area contributed by atoms with E-state index in [0.717, 1.165) is 32.2 Å². The van der Waals surface area contributed by atoms with Crippen molar-refractivity contribution in [1.82, 2.24) is 4.90 Å². The van der Waals surface area contributed by atoms with Crippen LogP contribution in [0.15, 0.2) is 0 Å². The zero-order valence-electron chi connectivity index (χ0n) is 12.4. The summed E-state index contributed by atoms with van der Waals surface area (Å²) in [4.78, 5) is 14.3. The van der Waals surface area contributed by atoms with Crippen molar-refractivity contribution in [3.63, 3.8) is 0 Å². The number of esters is 1. The average molecular weight is 272 g/mol. The number of nitrogens with two attached hydrogens (primary N) is 1. The van der Waals surface area contributed by atoms with Crippen molar-refractivity contribution in [3.8, 4) is 0 Å². The molecule has 19 heavy (non-hydrogen) atoms. The number of ether oxygens (including phenoxy) is 2. The first-order valence-corrected chi connectivity index (χ1v) is 7.33. The van der Waals surface area contributed by atoms with E-state index in [2.05, 4.69) is 11.8 Å². The number of hydrogen-bond acceptors (Lipinski definition) is 5. The molecule has 3 atom stereocenters. The van der Waals surface area contributed by atoms with Gasteiger partial charge in [-0.1, -0.05) is 13.3 Å². The third-order valence-corrected chi connectivity index (χ3v) is 3.84. The Morgan fingerprint density at radius 1 is 1.47 bits per heavy atom. The van der Waals surface area contributed by atoms with E-state index in [-0.39, 0.29) is 24.2 Å². The van der Waals surface area contributed by atoms with Gasteiger partial charge in [0.15, 0.2) is 0 Å². The Morgan fingerprint density at radius 2 is 2.21 bits per heavy atom. The molecule has 0 amide bonds. The van der Waals surface area contributed by atoms with Crippen LogP contribution in [0.1, 0.15) is 39.5 Å². The van der Waals surface area contributed by atoms with Crippen LogP contribution in [0.5, 0.6) is 0 Å². The minimum atomic E-state index is -0.156. The highest BCUT2D eigenvalue weighted by Crippen LogP contribution is 2.24. The van der Waals surface area contributed by atoms with E-state index in [1.807, 2.05) is 6.92 Å². The molecule has 0 spiro atoms. The Balaban J connectivity index is 2.73. The highest BCUT2D eigenvalue weighted by Gasteiger charge is 2.35. The second-order valence-electron chi connectivity index (χ2n) is 5.07. The number of hydrogen-bond donors (Lipinski definition) is 1. The Morgan fingerprint density at radius 3 is 2.74 bits per heavy atom. The number of rotatable bonds is 7. The quantitative estimate of drug-likeness (QED) is 0.704. The number of carbonyl (C=O) groups excluding carboxylic acids is 1. The smallest absolute Gasteiger partial charge is 0.323 e. The third kappa shape index (κ3) is 4.44. The van der Waals surface area contributed by atoms with E-state index in [4.69, 9.17) is 15.2 Å². The molecule has 0 saturated carbocycles. The highest BCUT2D eigenvalue weighted by atomic mass is 16.5. The van der Waals surface area contributed by atoms with Crippen molar-refractivity contribution in [2.45, 2.75) is 57.7 Å². The van der Waals surface area contributed by atoms with Gasteiger partial charge in [-0.2, -0.15) is 0 Å². The summed E-state index contributed by atoms with van der Waals surface area (Å²) in [5.41, 5.74) is 5.87. The summed E-state index contributed by atoms with van der Waals surface area (Å²) < 4.78 is 10.6. The summed E-state index contributed by atoms with van der Waals surface area (Å²) in [6.07, 6.45) is 3.89. The summed E-state index contributed by atoms with van der Waals surface area (Å²) >= 11 is 0. The van der Waals surface area contributed by atoms with E-state index in [9.17, 15) is 4.79 Å². The van der Waals surface area contributed by atoms with Crippen LogP contribution in [-0.2, 0) is 14.3 Å². The molecule has 3 unspecified atom stereocenters. The largest absolute Gasteiger partial charge is 0.465 e. The van der Waals surface area contributed by atoms with Crippen molar-refractivity contribution in [3.05, 3.63) is 0 Å². The summed E-state index contributed by atoms with van der Waals surface area (Å²) in [5.74, 6) is -0.112. The summed E-state index contributed by atoms with van der Waals surface area (Å²) in [5, 5.41) is 0. The van der Waals surface area contributed by atoms with E-state index in [1.165, 1.54) is 0 Å². The molecule has 0 aliphatic carbocycles. The van der Waals surface area contributed by atoms with Crippen molar-refractivity contribution in [1.29, 1.82) is 0 Å². The zero-order chi connectivity index (χ0) is 14.3. The standard InChI is InChI=1S/C14H28N2O3/c1-4-6-13(14(17)19-5-2)16-8-7-12(18-3)9-11(16)10-15/h11-13H,4-10,15H2,1-3H3. The normalized spacial score (nSPS) is 26.1. The minimum Gasteiger partial charge on any atom is -0.465 e. The first kappa shape index (κ1) is 16.4. The van der Waals surface area contributed by atoms with Gasteiger partial charge >= 0.3 is 5.97 Å². The second kappa shape index (κ2) is 8.51. The number of methoxy groups -OCH3 is 1. The molecule has 1 saturated heterocycles. The molecule has 0 aromatic heterocycles. The van der Waals surface area contributed by atoms with Crippen LogP contribution in [0, 0.1) is 0 Å². The maximum atomic E-state index is 12.1. The van der Waals surface area contributed by atoms with Crippen LogP contribution in [0.3, 0.4) is 0 Å². The minimum absolute atomic E-state index is 0.112. The van der Waals surface area contributed by atoms with Crippen LogP contribution in [-0.4, -0.2) is 55.9 Å². The van der Waals surface area contributed by atoms with Gasteiger partial charge in [-0.05, 0) is 26.2 Å². The van der Waals surface area contributed by atoms with E-state index in [0.29, 0.717) is 13.2 Å². The molecule has 1 aliphatic heterocycles. The average Bonchev–Trinajstić information content (AvgIpc) is 2.44. The van der Waals surface area contributed by atoms with Crippen LogP contribution >= 0.6 is 0 Å². The van der Waals surface area contributed by atoms with Crippen LogP contribution < -0.4 is 5.73 Å². The molecule has 0 aromatic carbocycles. The van der Waals surface area contributed by atoms with Gasteiger partial charge < -0.3 is 15.2 Å². The van der Waals surface area contributed by atoms with Gasteiger partial charge in [0.05, 0.1) is 12.7 Å². The number of carbonyl (C=O) groups is 1. The molecule has 1 heterocycles. The topological polar surface area (TPSA) is 64.8 Å². The summed E-state index contributed by atoms with van der Waals surface area (Å²) in [7, 11) is 1.74. The Bertz CT molecular complexity index is 273. The lowest BCUT2D eigenvalue weighted by Gasteiger charge is -2.42. The summed E-state index contributed by atoms with van der Waals surface area (Å²) in [6.45, 7) is 5.77. The molecule has 2 N–H and O–H groups in total. The van der Waals surface area contributed by atoms with Crippen LogP contribution in [0.25, 0.3) is 0 Å². The third-order valence-electron chi connectivity index (χ3n) is 3.84. The Hall–Kier alpha value is -0.650. The molecule has 1 fully saturated rings. The second-order valence-corrected chi connectivity index (χ2v) is 5.07. The summed E-state index contributed by atoms with van der Waals surface area (Å²) in [6, 6.07) is 0.0518. The van der Waals surface area contributed by atoms with Gasteiger partial charge in [0.1, 0.15) is 6.04 Å². The molecule has 1 aliphatic rings. The van der Waals surface area contributed by atoms with Gasteiger partial charge in [0, 0.05) is 26.2 Å². The Kier molecular flexibility index (Phi) is 7.34. The van der Waals surface area contributed by atoms with Gasteiger partial charge in [-0.15, -0.1) is 0 Å². The van der Waals surface area contributed by atoms with Crippen LogP contribution in [0.4, 0.5) is 0 Å². The van der Waals surface area contributed by atoms with Crippen molar-refractivity contribution in [2.24, 2.45) is 5.73 Å². The maximum Gasteiger partial charge on any atom is 0.323 e. The lowest BCUT2D eigenvalue weighted by atomic mass is 9.95. The predicted octanol–water partition coefficient (Wildman–Crippen LogP) is 1.16. The van der Waals surface area contributed by atoms with E-state index >= 15 is 0 Å². The van der Waals surface area contributed by atoms with Crippen LogP contribution in [0.2, 0.25) is 0 Å². The van der Waals surface area contributed by atoms with E-state index in [1.54, 1.807) is 7.11 Å². The molecule has 5 nitrogen and oxygen atoms in total. The molecule has 5 heteroatoms. The lowest BCUT2D eigenvalue weighted by Crippen LogP contribution is -2.55. The molecule has 0 bridgehead atoms. The zero-order valence-corrected chi connectivity index (χ0v) is 12.4. The maximum absolute atomic E-state index is 12.1. The number of likely N-dealkylation sites (tertiary alicyclic amines) is 1. The SMILES string of the molecule is CCCC(C(=O)OCC)N1CCC(OC)CC1CN. The monoisotopic (exact) mass is 272 g/mol. The van der Waals surface area contributed by atoms with E-state index < -0.39 is 0 Å². The molecule has 0 radical (unpaired) electrons. The highest BCUT2D eigenvalue weighted by molar-refractivity contribution is 5.75. The fourth-order valence-corrected chi connectivity index (χ4v) is 2.82. The van der Waals surface area contributed by atoms with Gasteiger partial charge in [0.2, 0.25) is 0 Å². The Labute approximate surface area is 116 Å². The molecular formula is C14H28N2O3. The lowest BCUT2D eigenvalue weighted by molar-refractivity contribution is -0.152. The molecule has 1 rings (SSSR count). The van der Waals surface area contributed by atoms with Crippen molar-refractivity contribution >= 4 is 5.97 Å². The fraction of sp³-hybridized carbons (Fsp3) is 0.929. The van der Waals surface area contributed by atoms with Crippen molar-refractivity contribution < 1.29 is 14.3 Å². The van der Waals surface area contributed by atoms with Gasteiger partial charge in [-0.3, -0.25) is 9.69 Å². The fourth-order valence-electron chi connectivity index (χ4n) is 2.82. The van der Waals surface area contributed by atoms with Gasteiger partial charge in [0.25, 0.3) is 0 Å². The molecule has 112 valence electrons. The van der Waals surface area contributed by atoms with Crippen molar-refractivity contribution in [2.75, 3.05) is 26.8 Å². The number of nitrogens with zero attached hydrogens (tertiary/aromatic N) is 1. The molecular weight excluding hydrogens is 244 g/mol. The first-order chi connectivity index (χ1) is 9.17. The number of piperidine rings is 1. The first-order valence-electron chi connectivity index (χ1n) is 7.33. The van der Waals surface area contributed by atoms with Gasteiger partial charge in [-0.25, -0.2) is 0 Å². The molecule has 0 aromatic rings.